The second-order valence-corrected chi connectivity index (χ2v) is 13.4. The molecule has 3 atom stereocenters. The van der Waals surface area contributed by atoms with Gasteiger partial charge in [-0.15, -0.1) is 0 Å². The average Bonchev–Trinajstić information content (AvgIpc) is 3.01. The van der Waals surface area contributed by atoms with E-state index in [1.54, 1.807) is 6.92 Å². The van der Waals surface area contributed by atoms with Gasteiger partial charge in [0.1, 0.15) is 12.1 Å². The van der Waals surface area contributed by atoms with Gasteiger partial charge in [0.05, 0.1) is 6.10 Å². The number of aliphatic hydroxyl groups excluding tert-OH is 1. The number of nitrogens with two attached hydrogens (primary N) is 1. The van der Waals surface area contributed by atoms with Crippen LogP contribution in [-0.2, 0) is 9.53 Å². The maximum Gasteiger partial charge on any atom is 0.325 e. The Bertz CT molecular complexity index is 645. The SMILES string of the molecule is CCCCCCCC/C=C\CCCCCCCCC(CCCCCCC/C=C\CCCCCCCC)OC(=O)C(N)C(C)O. The summed E-state index contributed by atoms with van der Waals surface area (Å²) in [6, 6.07) is -0.952. The highest BCUT2D eigenvalue weighted by molar-refractivity contribution is 5.76. The first-order valence-electron chi connectivity index (χ1n) is 19.5. The van der Waals surface area contributed by atoms with Crippen LogP contribution in [-0.4, -0.2) is 29.3 Å². The monoisotopic (exact) mass is 620 g/mol. The molecular formula is C40H77NO3. The van der Waals surface area contributed by atoms with Crippen molar-refractivity contribution in [2.45, 2.75) is 225 Å². The predicted octanol–water partition coefficient (Wildman–Crippen LogP) is 12.1. The van der Waals surface area contributed by atoms with Crippen LogP contribution in [0.3, 0.4) is 0 Å². The Balaban J connectivity index is 3.95. The van der Waals surface area contributed by atoms with Gasteiger partial charge in [0.2, 0.25) is 0 Å². The van der Waals surface area contributed by atoms with Crippen molar-refractivity contribution in [3.63, 3.8) is 0 Å². The molecule has 0 aliphatic heterocycles. The molecule has 0 aromatic carbocycles. The van der Waals surface area contributed by atoms with Crippen molar-refractivity contribution in [1.82, 2.24) is 0 Å². The van der Waals surface area contributed by atoms with Gasteiger partial charge in [0.25, 0.3) is 0 Å². The van der Waals surface area contributed by atoms with E-state index < -0.39 is 18.1 Å². The number of unbranched alkanes of at least 4 members (excludes halogenated alkanes) is 23. The van der Waals surface area contributed by atoms with Crippen LogP contribution in [0.15, 0.2) is 24.3 Å². The van der Waals surface area contributed by atoms with Crippen molar-refractivity contribution in [3.8, 4) is 0 Å². The van der Waals surface area contributed by atoms with Gasteiger partial charge < -0.3 is 15.6 Å². The molecule has 0 fully saturated rings. The summed E-state index contributed by atoms with van der Waals surface area (Å²) in [6.07, 6.45) is 45.2. The lowest BCUT2D eigenvalue weighted by molar-refractivity contribution is -0.154. The molecule has 3 unspecified atom stereocenters. The minimum absolute atomic E-state index is 0.0750. The highest BCUT2D eigenvalue weighted by atomic mass is 16.5. The van der Waals surface area contributed by atoms with Gasteiger partial charge in [-0.2, -0.15) is 0 Å². The van der Waals surface area contributed by atoms with Crippen molar-refractivity contribution in [1.29, 1.82) is 0 Å². The topological polar surface area (TPSA) is 72.5 Å². The second-order valence-electron chi connectivity index (χ2n) is 13.4. The Kier molecular flexibility index (Phi) is 33.8. The van der Waals surface area contributed by atoms with E-state index in [2.05, 4.69) is 38.2 Å². The zero-order valence-electron chi connectivity index (χ0n) is 29.9. The molecular weight excluding hydrogens is 542 g/mol. The number of aliphatic hydroxyl groups is 1. The zero-order valence-corrected chi connectivity index (χ0v) is 29.9. The molecule has 0 saturated heterocycles. The molecule has 0 aliphatic carbocycles. The minimum atomic E-state index is -0.952. The molecule has 0 aromatic heterocycles. The zero-order chi connectivity index (χ0) is 32.4. The Labute approximate surface area is 275 Å². The number of hydrogen-bond donors (Lipinski definition) is 2. The molecule has 0 spiro atoms. The number of rotatable bonds is 34. The van der Waals surface area contributed by atoms with Crippen molar-refractivity contribution >= 4 is 5.97 Å². The van der Waals surface area contributed by atoms with Crippen molar-refractivity contribution in [2.75, 3.05) is 0 Å². The van der Waals surface area contributed by atoms with Gasteiger partial charge in [0, 0.05) is 0 Å². The highest BCUT2D eigenvalue weighted by Crippen LogP contribution is 2.18. The fourth-order valence-corrected chi connectivity index (χ4v) is 5.76. The number of ether oxygens (including phenoxy) is 1. The smallest absolute Gasteiger partial charge is 0.325 e. The number of hydrogen-bond acceptors (Lipinski definition) is 4. The first kappa shape index (κ1) is 42.9. The molecule has 0 heterocycles. The van der Waals surface area contributed by atoms with E-state index in [-0.39, 0.29) is 6.10 Å². The third-order valence-corrected chi connectivity index (χ3v) is 8.90. The van der Waals surface area contributed by atoms with Crippen molar-refractivity contribution < 1.29 is 14.6 Å². The molecule has 0 saturated carbocycles. The number of allylic oxidation sites excluding steroid dienone is 4. The molecule has 4 nitrogen and oxygen atoms in total. The van der Waals surface area contributed by atoms with E-state index >= 15 is 0 Å². The average molecular weight is 620 g/mol. The van der Waals surface area contributed by atoms with Crippen molar-refractivity contribution in [2.24, 2.45) is 5.73 Å². The summed E-state index contributed by atoms with van der Waals surface area (Å²) in [5.41, 5.74) is 5.85. The lowest BCUT2D eigenvalue weighted by Gasteiger charge is -2.21. The van der Waals surface area contributed by atoms with Crippen LogP contribution < -0.4 is 5.73 Å². The van der Waals surface area contributed by atoms with Gasteiger partial charge in [-0.25, -0.2) is 0 Å². The van der Waals surface area contributed by atoms with Gasteiger partial charge in [-0.05, 0) is 84.0 Å². The number of carbonyl (C=O) groups is 1. The molecule has 0 bridgehead atoms. The minimum Gasteiger partial charge on any atom is -0.461 e. The molecule has 0 amide bonds. The fourth-order valence-electron chi connectivity index (χ4n) is 5.76. The molecule has 0 radical (unpaired) electrons. The number of esters is 1. The maximum absolute atomic E-state index is 12.4. The van der Waals surface area contributed by atoms with E-state index in [4.69, 9.17) is 10.5 Å². The van der Waals surface area contributed by atoms with E-state index in [9.17, 15) is 9.90 Å². The van der Waals surface area contributed by atoms with Crippen LogP contribution >= 0.6 is 0 Å². The molecule has 4 heteroatoms. The summed E-state index contributed by atoms with van der Waals surface area (Å²) in [6.45, 7) is 6.10. The molecule has 3 N–H and O–H groups in total. The molecule has 0 rings (SSSR count). The Morgan fingerprint density at radius 2 is 0.841 bits per heavy atom. The van der Waals surface area contributed by atoms with Crippen LogP contribution in [0.1, 0.15) is 207 Å². The van der Waals surface area contributed by atoms with Crippen LogP contribution in [0.25, 0.3) is 0 Å². The summed E-state index contributed by atoms with van der Waals surface area (Å²) < 4.78 is 5.78. The van der Waals surface area contributed by atoms with Gasteiger partial charge in [-0.1, -0.05) is 147 Å². The van der Waals surface area contributed by atoms with Gasteiger partial charge >= 0.3 is 5.97 Å². The third-order valence-electron chi connectivity index (χ3n) is 8.90. The van der Waals surface area contributed by atoms with E-state index in [1.807, 2.05) is 0 Å². The second kappa shape index (κ2) is 34.7. The van der Waals surface area contributed by atoms with Crippen molar-refractivity contribution in [3.05, 3.63) is 24.3 Å². The summed E-state index contributed by atoms with van der Waals surface area (Å²) in [5, 5.41) is 9.71. The van der Waals surface area contributed by atoms with E-state index in [0.29, 0.717) is 0 Å². The predicted molar refractivity (Wildman–Crippen MR) is 193 cm³/mol. The quantitative estimate of drug-likeness (QED) is 0.0427. The van der Waals surface area contributed by atoms with Crippen LogP contribution in [0.2, 0.25) is 0 Å². The van der Waals surface area contributed by atoms with E-state index in [1.165, 1.54) is 161 Å². The molecule has 44 heavy (non-hydrogen) atoms. The Hall–Kier alpha value is -1.13. The van der Waals surface area contributed by atoms with Gasteiger partial charge in [-0.3, -0.25) is 4.79 Å². The fraction of sp³-hybridized carbons (Fsp3) is 0.875. The van der Waals surface area contributed by atoms with E-state index in [0.717, 1.165) is 25.7 Å². The van der Waals surface area contributed by atoms with Crippen LogP contribution in [0.4, 0.5) is 0 Å². The molecule has 0 aromatic rings. The lowest BCUT2D eigenvalue weighted by atomic mass is 10.0. The summed E-state index contributed by atoms with van der Waals surface area (Å²) in [5.74, 6) is -0.456. The number of carbonyl (C=O) groups excluding carboxylic acids is 1. The first-order chi connectivity index (χ1) is 21.5. The lowest BCUT2D eigenvalue weighted by Crippen LogP contribution is -2.42. The highest BCUT2D eigenvalue weighted by Gasteiger charge is 2.23. The third kappa shape index (κ3) is 30.9. The standard InChI is InChI=1S/C40H77NO3/c1-4-6-8-10-12-14-16-18-20-22-24-26-28-30-32-34-36-38(44-40(43)39(41)37(3)42)35-33-31-29-27-25-23-21-19-17-15-13-11-9-7-5-2/h18-21,37-39,42H,4-17,22-36,41H2,1-3H3/b20-18-,21-19-. The largest absolute Gasteiger partial charge is 0.461 e. The Morgan fingerprint density at radius 3 is 1.16 bits per heavy atom. The Morgan fingerprint density at radius 1 is 0.545 bits per heavy atom. The summed E-state index contributed by atoms with van der Waals surface area (Å²) >= 11 is 0. The molecule has 0 aliphatic rings. The van der Waals surface area contributed by atoms with Gasteiger partial charge in [0.15, 0.2) is 0 Å². The van der Waals surface area contributed by atoms with Crippen LogP contribution in [0, 0.1) is 0 Å². The summed E-state index contributed by atoms with van der Waals surface area (Å²) in [4.78, 5) is 12.4. The normalized spacial score (nSPS) is 14.0. The molecule has 260 valence electrons. The maximum atomic E-state index is 12.4. The van der Waals surface area contributed by atoms with Crippen LogP contribution in [0.5, 0.6) is 0 Å². The summed E-state index contributed by atoms with van der Waals surface area (Å²) in [7, 11) is 0. The first-order valence-corrected chi connectivity index (χ1v) is 19.5.